The summed E-state index contributed by atoms with van der Waals surface area (Å²) >= 11 is 0. The molecule has 2 bridgehead atoms. The first-order valence-corrected chi connectivity index (χ1v) is 3.36. The van der Waals surface area contributed by atoms with E-state index in [2.05, 4.69) is 11.8 Å². The van der Waals surface area contributed by atoms with Gasteiger partial charge < -0.3 is 4.90 Å². The van der Waals surface area contributed by atoms with E-state index in [1.165, 1.54) is 32.5 Å². The maximum Gasteiger partial charge on any atom is 0.00389 e. The number of piperidine rings is 1. The van der Waals surface area contributed by atoms with Crippen molar-refractivity contribution < 1.29 is 0 Å². The molecule has 2 aliphatic heterocycles. The molecule has 0 saturated carbocycles. The number of rotatable bonds is 0. The maximum atomic E-state index is 4.19. The molecule has 2 rings (SSSR count). The molecular weight excluding hydrogens is 98.1 g/mol. The van der Waals surface area contributed by atoms with Crippen LogP contribution in [0.4, 0.5) is 0 Å². The van der Waals surface area contributed by atoms with Crippen molar-refractivity contribution in [1.29, 1.82) is 0 Å². The molecule has 2 saturated heterocycles. The highest BCUT2D eigenvalue weighted by molar-refractivity contribution is 4.97. The molecular formula is C7H12N. The SMILES string of the molecule is [CH2]C12CCN(CC1)C2. The summed E-state index contributed by atoms with van der Waals surface area (Å²) in [5.74, 6) is 0. The van der Waals surface area contributed by atoms with Crippen LogP contribution in [-0.4, -0.2) is 24.5 Å². The summed E-state index contributed by atoms with van der Waals surface area (Å²) in [7, 11) is 0. The molecule has 0 amide bonds. The van der Waals surface area contributed by atoms with Gasteiger partial charge in [-0.15, -0.1) is 0 Å². The van der Waals surface area contributed by atoms with Crippen molar-refractivity contribution in [3.05, 3.63) is 6.92 Å². The molecule has 1 radical (unpaired) electrons. The van der Waals surface area contributed by atoms with E-state index < -0.39 is 0 Å². The largest absolute Gasteiger partial charge is 0.303 e. The third kappa shape index (κ3) is 0.510. The first kappa shape index (κ1) is 4.80. The fraction of sp³-hybridized carbons (Fsp3) is 0.857. The second-order valence-electron chi connectivity index (χ2n) is 3.28. The molecule has 0 aromatic heterocycles. The Bertz CT molecular complexity index is 101. The van der Waals surface area contributed by atoms with E-state index in [9.17, 15) is 0 Å². The number of nitrogens with zero attached hydrogens (tertiary/aromatic N) is 1. The van der Waals surface area contributed by atoms with Crippen molar-refractivity contribution in [3.63, 3.8) is 0 Å². The summed E-state index contributed by atoms with van der Waals surface area (Å²) in [6.07, 6.45) is 2.68. The van der Waals surface area contributed by atoms with Crippen LogP contribution in [0.25, 0.3) is 0 Å². The van der Waals surface area contributed by atoms with Gasteiger partial charge in [-0.2, -0.15) is 0 Å². The van der Waals surface area contributed by atoms with E-state index in [0.29, 0.717) is 5.41 Å². The standard InChI is InChI=1S/C7H12N/c1-7-2-4-8(6-7)5-3-7/h1-6H2. The maximum absolute atomic E-state index is 4.19. The minimum absolute atomic E-state index is 0.486. The molecule has 0 unspecified atom stereocenters. The van der Waals surface area contributed by atoms with Gasteiger partial charge in [0.15, 0.2) is 0 Å². The Balaban J connectivity index is 2.19. The van der Waals surface area contributed by atoms with Gasteiger partial charge in [0.1, 0.15) is 0 Å². The lowest BCUT2D eigenvalue weighted by molar-refractivity contribution is 0.358. The lowest BCUT2D eigenvalue weighted by atomic mass is 9.87. The van der Waals surface area contributed by atoms with Gasteiger partial charge in [-0.3, -0.25) is 0 Å². The van der Waals surface area contributed by atoms with Crippen molar-refractivity contribution in [2.75, 3.05) is 19.6 Å². The van der Waals surface area contributed by atoms with E-state index in [0.717, 1.165) is 0 Å². The predicted molar refractivity (Wildman–Crippen MR) is 33.5 cm³/mol. The van der Waals surface area contributed by atoms with Crippen LogP contribution in [0.3, 0.4) is 0 Å². The third-order valence-electron chi connectivity index (χ3n) is 2.48. The van der Waals surface area contributed by atoms with Gasteiger partial charge in [0.25, 0.3) is 0 Å². The van der Waals surface area contributed by atoms with E-state index >= 15 is 0 Å². The van der Waals surface area contributed by atoms with Gasteiger partial charge >= 0.3 is 0 Å². The van der Waals surface area contributed by atoms with Crippen molar-refractivity contribution in [1.82, 2.24) is 4.90 Å². The Hall–Kier alpha value is -0.0400. The minimum Gasteiger partial charge on any atom is -0.303 e. The quantitative estimate of drug-likeness (QED) is 0.448. The van der Waals surface area contributed by atoms with E-state index in [1.807, 2.05) is 0 Å². The Morgan fingerprint density at radius 1 is 1.25 bits per heavy atom. The summed E-state index contributed by atoms with van der Waals surface area (Å²) in [6, 6.07) is 0. The molecule has 45 valence electrons. The Kier molecular flexibility index (Phi) is 0.762. The van der Waals surface area contributed by atoms with Crippen molar-refractivity contribution >= 4 is 0 Å². The Morgan fingerprint density at radius 3 is 2.00 bits per heavy atom. The molecule has 0 atom stereocenters. The van der Waals surface area contributed by atoms with Gasteiger partial charge in [-0.1, -0.05) is 0 Å². The second kappa shape index (κ2) is 1.27. The Morgan fingerprint density at radius 2 is 1.88 bits per heavy atom. The summed E-state index contributed by atoms with van der Waals surface area (Å²) in [5, 5.41) is 0. The highest BCUT2D eigenvalue weighted by atomic mass is 15.2. The molecule has 0 aromatic carbocycles. The van der Waals surface area contributed by atoms with Crippen molar-refractivity contribution in [2.24, 2.45) is 5.41 Å². The van der Waals surface area contributed by atoms with E-state index in [1.54, 1.807) is 0 Å². The molecule has 1 heteroatoms. The molecule has 2 aliphatic rings. The van der Waals surface area contributed by atoms with Gasteiger partial charge in [-0.25, -0.2) is 0 Å². The first-order chi connectivity index (χ1) is 3.79. The molecule has 2 heterocycles. The van der Waals surface area contributed by atoms with Crippen LogP contribution in [0.15, 0.2) is 0 Å². The number of fused-ring (bicyclic) bond motifs is 2. The normalized spacial score (nSPS) is 52.9. The zero-order valence-corrected chi connectivity index (χ0v) is 5.19. The van der Waals surface area contributed by atoms with Crippen molar-refractivity contribution in [2.45, 2.75) is 12.8 Å². The summed E-state index contributed by atoms with van der Waals surface area (Å²) in [6.45, 7) is 8.08. The summed E-state index contributed by atoms with van der Waals surface area (Å²) < 4.78 is 0. The molecule has 0 aromatic rings. The average molecular weight is 110 g/mol. The molecule has 8 heavy (non-hydrogen) atoms. The number of hydrogen-bond acceptors (Lipinski definition) is 1. The smallest absolute Gasteiger partial charge is 0.00389 e. The summed E-state index contributed by atoms with van der Waals surface area (Å²) in [5.41, 5.74) is 0.486. The van der Waals surface area contributed by atoms with Gasteiger partial charge in [0.2, 0.25) is 0 Å². The van der Waals surface area contributed by atoms with E-state index in [-0.39, 0.29) is 0 Å². The Labute approximate surface area is 50.7 Å². The molecule has 2 fully saturated rings. The third-order valence-corrected chi connectivity index (χ3v) is 2.48. The lowest BCUT2D eigenvalue weighted by Gasteiger charge is -2.17. The zero-order valence-electron chi connectivity index (χ0n) is 5.19. The molecule has 0 aliphatic carbocycles. The van der Waals surface area contributed by atoms with Gasteiger partial charge in [0, 0.05) is 6.54 Å². The molecule has 0 spiro atoms. The van der Waals surface area contributed by atoms with Crippen LogP contribution in [0, 0.1) is 12.3 Å². The predicted octanol–water partition coefficient (Wildman–Crippen LogP) is 0.916. The second-order valence-corrected chi connectivity index (χ2v) is 3.28. The van der Waals surface area contributed by atoms with Crippen molar-refractivity contribution in [3.8, 4) is 0 Å². The summed E-state index contributed by atoms with van der Waals surface area (Å²) in [4.78, 5) is 2.51. The molecule has 1 nitrogen and oxygen atoms in total. The fourth-order valence-electron chi connectivity index (χ4n) is 1.82. The van der Waals surface area contributed by atoms with Gasteiger partial charge in [-0.05, 0) is 38.3 Å². The fourth-order valence-corrected chi connectivity index (χ4v) is 1.82. The minimum atomic E-state index is 0.486. The lowest BCUT2D eigenvalue weighted by Crippen LogP contribution is -2.17. The van der Waals surface area contributed by atoms with Crippen LogP contribution in [-0.2, 0) is 0 Å². The van der Waals surface area contributed by atoms with Crippen LogP contribution in [0.1, 0.15) is 12.8 Å². The highest BCUT2D eigenvalue weighted by Gasteiger charge is 2.39. The highest BCUT2D eigenvalue weighted by Crippen LogP contribution is 2.38. The van der Waals surface area contributed by atoms with Crippen LogP contribution < -0.4 is 0 Å². The monoisotopic (exact) mass is 110 g/mol. The molecule has 0 N–H and O–H groups in total. The topological polar surface area (TPSA) is 3.24 Å². The zero-order chi connectivity index (χ0) is 5.61. The van der Waals surface area contributed by atoms with Crippen LogP contribution >= 0.6 is 0 Å². The van der Waals surface area contributed by atoms with Crippen LogP contribution in [0.2, 0.25) is 0 Å². The van der Waals surface area contributed by atoms with Crippen LogP contribution in [0.5, 0.6) is 0 Å². The van der Waals surface area contributed by atoms with Gasteiger partial charge in [0.05, 0.1) is 0 Å². The first-order valence-electron chi connectivity index (χ1n) is 3.36. The average Bonchev–Trinajstić information content (AvgIpc) is 2.21. The number of hydrogen-bond donors (Lipinski definition) is 0. The van der Waals surface area contributed by atoms with E-state index in [4.69, 9.17) is 0 Å².